The van der Waals surface area contributed by atoms with Gasteiger partial charge in [-0.15, -0.1) is 0 Å². The molecule has 4 rings (SSSR count). The van der Waals surface area contributed by atoms with Crippen molar-refractivity contribution in [1.82, 2.24) is 9.97 Å². The summed E-state index contributed by atoms with van der Waals surface area (Å²) in [6.07, 6.45) is 1.64. The van der Waals surface area contributed by atoms with Crippen molar-refractivity contribution in [2.45, 2.75) is 25.9 Å². The molecule has 2 aliphatic rings. The Balaban J connectivity index is 1.80. The molecule has 0 aliphatic carbocycles. The highest BCUT2D eigenvalue weighted by atomic mass is 35.5. The summed E-state index contributed by atoms with van der Waals surface area (Å²) in [5.41, 5.74) is 2.94. The molecular weight excluding hydrogens is 340 g/mol. The molecule has 2 aromatic rings. The van der Waals surface area contributed by atoms with E-state index >= 15 is 0 Å². The average Bonchev–Trinajstić information content (AvgIpc) is 2.63. The van der Waals surface area contributed by atoms with E-state index in [9.17, 15) is 4.79 Å². The predicted molar refractivity (Wildman–Crippen MR) is 96.1 cm³/mol. The van der Waals surface area contributed by atoms with Crippen molar-refractivity contribution in [1.29, 1.82) is 0 Å². The van der Waals surface area contributed by atoms with E-state index in [2.05, 4.69) is 22.1 Å². The van der Waals surface area contributed by atoms with Crippen LogP contribution in [-0.4, -0.2) is 41.7 Å². The van der Waals surface area contributed by atoms with Gasteiger partial charge in [-0.05, 0) is 31.0 Å². The zero-order valence-electron chi connectivity index (χ0n) is 14.1. The molecule has 7 heteroatoms. The maximum atomic E-state index is 13.2. The second-order valence-electron chi connectivity index (χ2n) is 6.43. The minimum absolute atomic E-state index is 0.00574. The molecule has 0 bridgehead atoms. The molecule has 2 aliphatic heterocycles. The van der Waals surface area contributed by atoms with E-state index in [1.54, 1.807) is 11.1 Å². The number of rotatable bonds is 2. The van der Waals surface area contributed by atoms with Crippen LogP contribution >= 0.6 is 11.6 Å². The van der Waals surface area contributed by atoms with Gasteiger partial charge in [-0.25, -0.2) is 4.98 Å². The molecule has 1 aromatic heterocycles. The van der Waals surface area contributed by atoms with Crippen molar-refractivity contribution in [2.24, 2.45) is 0 Å². The first kappa shape index (κ1) is 16.3. The normalized spacial score (nSPS) is 20.9. The number of fused-ring (bicyclic) bond motifs is 3. The number of hydrogen-bond acceptors (Lipinski definition) is 5. The Hall–Kier alpha value is -2.18. The van der Waals surface area contributed by atoms with Gasteiger partial charge in [-0.2, -0.15) is 4.98 Å². The van der Waals surface area contributed by atoms with E-state index in [4.69, 9.17) is 16.3 Å². The van der Waals surface area contributed by atoms with Crippen molar-refractivity contribution < 1.29 is 9.53 Å². The van der Waals surface area contributed by atoms with E-state index in [0.717, 1.165) is 5.56 Å². The lowest BCUT2D eigenvalue weighted by molar-refractivity contribution is -0.123. The smallest absolute Gasteiger partial charge is 0.252 e. The number of anilines is 2. The number of carbonyl (C=O) groups is 1. The fourth-order valence-corrected chi connectivity index (χ4v) is 3.59. The molecule has 0 spiro atoms. The number of ether oxygens (including phenoxy) is 1. The van der Waals surface area contributed by atoms with Gasteiger partial charge in [-0.3, -0.25) is 9.69 Å². The summed E-state index contributed by atoms with van der Waals surface area (Å²) >= 11 is 6.02. The van der Waals surface area contributed by atoms with E-state index < -0.39 is 0 Å². The quantitative estimate of drug-likeness (QED) is 0.772. The molecular formula is C18H19ClN4O2. The number of halogens is 1. The average molecular weight is 359 g/mol. The number of morpholine rings is 1. The molecule has 130 valence electrons. The van der Waals surface area contributed by atoms with Gasteiger partial charge in [0.2, 0.25) is 5.28 Å². The third-order valence-electron chi connectivity index (χ3n) is 4.85. The van der Waals surface area contributed by atoms with Crippen molar-refractivity contribution >= 4 is 29.0 Å². The molecule has 1 fully saturated rings. The van der Waals surface area contributed by atoms with Gasteiger partial charge in [0.05, 0.1) is 25.5 Å². The lowest BCUT2D eigenvalue weighted by Gasteiger charge is -2.45. The van der Waals surface area contributed by atoms with Crippen LogP contribution in [-0.2, 0) is 9.53 Å². The van der Waals surface area contributed by atoms with E-state index in [-0.39, 0.29) is 23.3 Å². The number of hydrogen-bond donors (Lipinski definition) is 0. The third-order valence-corrected chi connectivity index (χ3v) is 5.03. The first-order chi connectivity index (χ1) is 12.1. The van der Waals surface area contributed by atoms with E-state index in [0.29, 0.717) is 31.3 Å². The van der Waals surface area contributed by atoms with Gasteiger partial charge in [-0.1, -0.05) is 29.8 Å². The summed E-state index contributed by atoms with van der Waals surface area (Å²) in [7, 11) is 0. The van der Waals surface area contributed by atoms with Gasteiger partial charge < -0.3 is 9.64 Å². The number of aromatic nitrogens is 2. The maximum absolute atomic E-state index is 13.2. The van der Waals surface area contributed by atoms with Gasteiger partial charge >= 0.3 is 0 Å². The lowest BCUT2D eigenvalue weighted by atomic mass is 10.0. The second kappa shape index (κ2) is 6.28. The summed E-state index contributed by atoms with van der Waals surface area (Å²) in [5, 5.41) is 0.182. The van der Waals surface area contributed by atoms with Crippen LogP contribution in [0.3, 0.4) is 0 Å². The molecule has 25 heavy (non-hydrogen) atoms. The molecule has 2 unspecified atom stereocenters. The topological polar surface area (TPSA) is 58.6 Å². The van der Waals surface area contributed by atoms with E-state index in [1.165, 1.54) is 5.56 Å². The maximum Gasteiger partial charge on any atom is 0.252 e. The lowest BCUT2D eigenvalue weighted by Crippen LogP contribution is -2.59. The van der Waals surface area contributed by atoms with Crippen LogP contribution < -0.4 is 9.80 Å². The zero-order chi connectivity index (χ0) is 17.6. The number of benzene rings is 1. The first-order valence-electron chi connectivity index (χ1n) is 8.33. The van der Waals surface area contributed by atoms with Crippen LogP contribution in [0.5, 0.6) is 0 Å². The van der Waals surface area contributed by atoms with Crippen LogP contribution in [0.1, 0.15) is 24.1 Å². The minimum Gasteiger partial charge on any atom is -0.377 e. The summed E-state index contributed by atoms with van der Waals surface area (Å²) < 4.78 is 5.54. The second-order valence-corrected chi connectivity index (χ2v) is 6.76. The summed E-state index contributed by atoms with van der Waals surface area (Å²) in [4.78, 5) is 25.5. The Kier molecular flexibility index (Phi) is 4.09. The van der Waals surface area contributed by atoms with Crippen molar-refractivity contribution in [3.63, 3.8) is 0 Å². The molecule has 0 radical (unpaired) electrons. The SMILES string of the molecule is Cc1ccc(C(C)N2C(=O)C3COCCN3c3nc(Cl)ncc32)cc1. The Morgan fingerprint density at radius 1 is 1.32 bits per heavy atom. The highest BCUT2D eigenvalue weighted by molar-refractivity contribution is 6.28. The van der Waals surface area contributed by atoms with Crippen LogP contribution in [0, 0.1) is 6.92 Å². The van der Waals surface area contributed by atoms with Crippen molar-refractivity contribution in [2.75, 3.05) is 29.6 Å². The predicted octanol–water partition coefficient (Wildman–Crippen LogP) is 2.75. The molecule has 1 amide bonds. The molecule has 1 aromatic carbocycles. The number of carbonyl (C=O) groups excluding carboxylic acids is 1. The molecule has 1 saturated heterocycles. The highest BCUT2D eigenvalue weighted by Gasteiger charge is 2.43. The minimum atomic E-state index is -0.375. The summed E-state index contributed by atoms with van der Waals surface area (Å²) in [5.74, 6) is 0.707. The molecule has 0 N–H and O–H groups in total. The Labute approximate surface area is 151 Å². The summed E-state index contributed by atoms with van der Waals surface area (Å²) in [6.45, 7) is 5.60. The Morgan fingerprint density at radius 3 is 2.84 bits per heavy atom. The largest absolute Gasteiger partial charge is 0.377 e. The third kappa shape index (κ3) is 2.75. The van der Waals surface area contributed by atoms with Crippen LogP contribution in [0.2, 0.25) is 5.28 Å². The van der Waals surface area contributed by atoms with Gasteiger partial charge in [0.25, 0.3) is 5.91 Å². The monoisotopic (exact) mass is 358 g/mol. The fourth-order valence-electron chi connectivity index (χ4n) is 3.46. The first-order valence-corrected chi connectivity index (χ1v) is 8.70. The summed E-state index contributed by atoms with van der Waals surface area (Å²) in [6, 6.07) is 7.69. The fraction of sp³-hybridized carbons (Fsp3) is 0.389. The highest BCUT2D eigenvalue weighted by Crippen LogP contribution is 2.40. The van der Waals surface area contributed by atoms with Gasteiger partial charge in [0.1, 0.15) is 11.7 Å². The number of amides is 1. The van der Waals surface area contributed by atoms with Gasteiger partial charge in [0.15, 0.2) is 5.82 Å². The standard InChI is InChI=1S/C18H19ClN4O2/c1-11-3-5-13(6-4-11)12(2)23-14-9-20-18(19)21-16(14)22-7-8-25-10-15(22)17(23)24/h3-6,9,12,15H,7-8,10H2,1-2H3. The van der Waals surface area contributed by atoms with Gasteiger partial charge in [0, 0.05) is 6.54 Å². The molecule has 0 saturated carbocycles. The zero-order valence-corrected chi connectivity index (χ0v) is 14.9. The van der Waals surface area contributed by atoms with Crippen molar-refractivity contribution in [3.05, 3.63) is 46.9 Å². The molecule has 2 atom stereocenters. The van der Waals surface area contributed by atoms with Crippen LogP contribution in [0.4, 0.5) is 11.5 Å². The van der Waals surface area contributed by atoms with Crippen molar-refractivity contribution in [3.8, 4) is 0 Å². The Bertz CT molecular complexity index is 811. The van der Waals surface area contributed by atoms with Crippen LogP contribution in [0.25, 0.3) is 0 Å². The number of aryl methyl sites for hydroxylation is 1. The van der Waals surface area contributed by atoms with E-state index in [1.807, 2.05) is 30.9 Å². The Morgan fingerprint density at radius 2 is 2.08 bits per heavy atom. The molecule has 3 heterocycles. The number of nitrogens with zero attached hydrogens (tertiary/aromatic N) is 4. The molecule has 6 nitrogen and oxygen atoms in total. The van der Waals surface area contributed by atoms with Crippen LogP contribution in [0.15, 0.2) is 30.5 Å².